The van der Waals surface area contributed by atoms with Crippen LogP contribution in [0.1, 0.15) is 5.82 Å². The molecule has 0 atom stereocenters. The Balaban J connectivity index is 2.20. The number of anilines is 2. The van der Waals surface area contributed by atoms with E-state index in [0.717, 1.165) is 18.2 Å². The predicted octanol–water partition coefficient (Wildman–Crippen LogP) is 4.81. The molecule has 0 saturated heterocycles. The number of halogens is 6. The van der Waals surface area contributed by atoms with Crippen LogP contribution in [0.2, 0.25) is 0 Å². The van der Waals surface area contributed by atoms with Crippen molar-refractivity contribution < 1.29 is 26.3 Å². The van der Waals surface area contributed by atoms with Gasteiger partial charge < -0.3 is 5.32 Å². The summed E-state index contributed by atoms with van der Waals surface area (Å²) in [6.07, 6.45) is -4.92. The quantitative estimate of drug-likeness (QED) is 0.679. The third kappa shape index (κ3) is 2.97. The van der Waals surface area contributed by atoms with Crippen LogP contribution in [0.25, 0.3) is 10.9 Å². The number of benzene rings is 2. The Morgan fingerprint density at radius 3 is 2.29 bits per heavy atom. The van der Waals surface area contributed by atoms with Gasteiger partial charge in [0.05, 0.1) is 5.69 Å². The number of nitrogens with zero attached hydrogens (tertiary/aromatic N) is 2. The molecule has 0 unspecified atom stereocenters. The van der Waals surface area contributed by atoms with Gasteiger partial charge in [-0.2, -0.15) is 13.2 Å². The van der Waals surface area contributed by atoms with Crippen molar-refractivity contribution in [1.29, 1.82) is 0 Å². The Morgan fingerprint density at radius 2 is 1.62 bits per heavy atom. The molecule has 0 spiro atoms. The van der Waals surface area contributed by atoms with Gasteiger partial charge in [0.25, 0.3) is 0 Å². The van der Waals surface area contributed by atoms with E-state index in [-0.39, 0.29) is 11.1 Å². The molecule has 9 heteroatoms. The zero-order valence-electron chi connectivity index (χ0n) is 11.6. The third-order valence-electron chi connectivity index (χ3n) is 3.12. The minimum atomic E-state index is -4.92. The maximum atomic E-state index is 13.8. The van der Waals surface area contributed by atoms with E-state index in [9.17, 15) is 26.3 Å². The van der Waals surface area contributed by atoms with Crippen LogP contribution in [0.15, 0.2) is 36.4 Å². The fraction of sp³-hybridized carbons (Fsp3) is 0.0667. The average molecular weight is 343 g/mol. The molecule has 3 nitrogen and oxygen atoms in total. The molecule has 3 aromatic rings. The Kier molecular flexibility index (Phi) is 3.78. The van der Waals surface area contributed by atoms with Gasteiger partial charge in [0, 0.05) is 11.5 Å². The minimum Gasteiger partial charge on any atom is -0.337 e. The van der Waals surface area contributed by atoms with E-state index in [1.54, 1.807) is 0 Å². The second-order valence-electron chi connectivity index (χ2n) is 4.78. The maximum Gasteiger partial charge on any atom is 0.451 e. The fourth-order valence-corrected chi connectivity index (χ4v) is 2.06. The van der Waals surface area contributed by atoms with Gasteiger partial charge in [0.1, 0.15) is 28.8 Å². The highest BCUT2D eigenvalue weighted by Gasteiger charge is 2.36. The number of rotatable bonds is 2. The maximum absolute atomic E-state index is 13.8. The molecule has 0 bridgehead atoms. The van der Waals surface area contributed by atoms with E-state index < -0.39 is 40.8 Å². The highest BCUT2D eigenvalue weighted by Crippen LogP contribution is 2.32. The largest absolute Gasteiger partial charge is 0.451 e. The lowest BCUT2D eigenvalue weighted by Crippen LogP contribution is -2.13. The van der Waals surface area contributed by atoms with E-state index in [1.165, 1.54) is 12.1 Å². The minimum absolute atomic E-state index is 0.0771. The SMILES string of the molecule is Fc1ccc(Nc2nc(C(F)(F)F)nc3c(F)cccc23)c(F)c1. The molecule has 0 radical (unpaired) electrons. The van der Waals surface area contributed by atoms with Gasteiger partial charge in [-0.15, -0.1) is 0 Å². The van der Waals surface area contributed by atoms with Crippen molar-refractivity contribution in [2.24, 2.45) is 0 Å². The summed E-state index contributed by atoms with van der Waals surface area (Å²) >= 11 is 0. The normalized spacial score (nSPS) is 11.8. The molecule has 1 heterocycles. The van der Waals surface area contributed by atoms with Gasteiger partial charge in [-0.05, 0) is 24.3 Å². The number of hydrogen-bond acceptors (Lipinski definition) is 3. The lowest BCUT2D eigenvalue weighted by atomic mass is 10.2. The molecule has 1 N–H and O–H groups in total. The van der Waals surface area contributed by atoms with E-state index in [4.69, 9.17) is 0 Å². The van der Waals surface area contributed by atoms with E-state index >= 15 is 0 Å². The van der Waals surface area contributed by atoms with E-state index in [1.807, 2.05) is 0 Å². The molecule has 0 fully saturated rings. The van der Waals surface area contributed by atoms with Crippen molar-refractivity contribution in [3.8, 4) is 0 Å². The van der Waals surface area contributed by atoms with E-state index in [2.05, 4.69) is 15.3 Å². The smallest absolute Gasteiger partial charge is 0.337 e. The summed E-state index contributed by atoms with van der Waals surface area (Å²) in [5.41, 5.74) is -0.876. The molecule has 0 saturated carbocycles. The molecular formula is C15H7F6N3. The van der Waals surface area contributed by atoms with Crippen LogP contribution >= 0.6 is 0 Å². The first kappa shape index (κ1) is 16.0. The zero-order chi connectivity index (χ0) is 17.5. The van der Waals surface area contributed by atoms with Crippen LogP contribution in [-0.2, 0) is 6.18 Å². The topological polar surface area (TPSA) is 37.8 Å². The van der Waals surface area contributed by atoms with Crippen LogP contribution in [0.5, 0.6) is 0 Å². The molecule has 0 amide bonds. The van der Waals surface area contributed by atoms with Crippen LogP contribution in [0, 0.1) is 17.5 Å². The van der Waals surface area contributed by atoms with Gasteiger partial charge in [-0.25, -0.2) is 23.1 Å². The highest BCUT2D eigenvalue weighted by molar-refractivity contribution is 5.91. The first-order valence-corrected chi connectivity index (χ1v) is 6.51. The first-order chi connectivity index (χ1) is 11.3. The Labute approximate surface area is 131 Å². The summed E-state index contributed by atoms with van der Waals surface area (Å²) in [5.74, 6) is -4.90. The predicted molar refractivity (Wildman–Crippen MR) is 74.1 cm³/mol. The molecule has 0 aliphatic rings. The van der Waals surface area contributed by atoms with Gasteiger partial charge in [-0.1, -0.05) is 6.07 Å². The second kappa shape index (κ2) is 5.66. The third-order valence-corrected chi connectivity index (χ3v) is 3.12. The number of alkyl halides is 3. The van der Waals surface area contributed by atoms with Crippen molar-refractivity contribution in [1.82, 2.24) is 9.97 Å². The van der Waals surface area contributed by atoms with E-state index in [0.29, 0.717) is 6.07 Å². The standard InChI is InChI=1S/C15H7F6N3/c16-7-4-5-11(10(18)6-7)22-13-8-2-1-3-9(17)12(8)23-14(24-13)15(19,20)21/h1-6H,(H,22,23,24). The second-order valence-corrected chi connectivity index (χ2v) is 4.78. The lowest BCUT2D eigenvalue weighted by Gasteiger charge is -2.13. The fourth-order valence-electron chi connectivity index (χ4n) is 2.06. The summed E-state index contributed by atoms with van der Waals surface area (Å²) in [7, 11) is 0. The Morgan fingerprint density at radius 1 is 0.875 bits per heavy atom. The van der Waals surface area contributed by atoms with Crippen molar-refractivity contribution in [2.45, 2.75) is 6.18 Å². The summed E-state index contributed by atoms with van der Waals surface area (Å²) in [4.78, 5) is 6.48. The van der Waals surface area contributed by atoms with Crippen LogP contribution in [0.3, 0.4) is 0 Å². The van der Waals surface area contributed by atoms with Crippen molar-refractivity contribution in [2.75, 3.05) is 5.32 Å². The molecule has 24 heavy (non-hydrogen) atoms. The summed E-state index contributed by atoms with van der Waals surface area (Å²) in [5, 5.41) is 2.25. The average Bonchev–Trinajstić information content (AvgIpc) is 2.49. The number of nitrogens with one attached hydrogen (secondary N) is 1. The molecule has 2 aromatic carbocycles. The van der Waals surface area contributed by atoms with Gasteiger partial charge >= 0.3 is 6.18 Å². The van der Waals surface area contributed by atoms with Crippen molar-refractivity contribution in [3.05, 3.63) is 59.7 Å². The first-order valence-electron chi connectivity index (χ1n) is 6.51. The number of para-hydroxylation sites is 1. The molecule has 124 valence electrons. The monoisotopic (exact) mass is 343 g/mol. The Hall–Kier alpha value is -2.84. The summed E-state index contributed by atoms with van der Waals surface area (Å²) in [6, 6.07) is 5.93. The van der Waals surface area contributed by atoms with Crippen LogP contribution in [-0.4, -0.2) is 9.97 Å². The van der Waals surface area contributed by atoms with Gasteiger partial charge in [-0.3, -0.25) is 0 Å². The van der Waals surface area contributed by atoms with Gasteiger partial charge in [0.2, 0.25) is 5.82 Å². The molecule has 0 aliphatic heterocycles. The zero-order valence-corrected chi connectivity index (χ0v) is 11.6. The number of aromatic nitrogens is 2. The summed E-state index contributed by atoms with van der Waals surface area (Å²) < 4.78 is 79.1. The van der Waals surface area contributed by atoms with Crippen LogP contribution < -0.4 is 5.32 Å². The number of fused-ring (bicyclic) bond motifs is 1. The van der Waals surface area contributed by atoms with Crippen molar-refractivity contribution >= 4 is 22.4 Å². The van der Waals surface area contributed by atoms with Crippen molar-refractivity contribution in [3.63, 3.8) is 0 Å². The Bertz CT molecular complexity index is 923. The van der Waals surface area contributed by atoms with Gasteiger partial charge in [0.15, 0.2) is 0 Å². The lowest BCUT2D eigenvalue weighted by molar-refractivity contribution is -0.144. The van der Waals surface area contributed by atoms with Crippen LogP contribution in [0.4, 0.5) is 37.8 Å². The molecule has 0 aliphatic carbocycles. The molecular weight excluding hydrogens is 336 g/mol. The highest BCUT2D eigenvalue weighted by atomic mass is 19.4. The number of hydrogen-bond donors (Lipinski definition) is 1. The molecule has 3 rings (SSSR count). The molecule has 1 aromatic heterocycles. The summed E-state index contributed by atoms with van der Waals surface area (Å²) in [6.45, 7) is 0.